The predicted molar refractivity (Wildman–Crippen MR) is 228 cm³/mol. The molecule has 0 unspecified atom stereocenters. The maximum absolute atomic E-state index is 10.5. The zero-order valence-corrected chi connectivity index (χ0v) is 35.0. The van der Waals surface area contributed by atoms with Crippen LogP contribution in [0.1, 0.15) is 283 Å². The van der Waals surface area contributed by atoms with Gasteiger partial charge < -0.3 is 10.2 Å². The van der Waals surface area contributed by atoms with Gasteiger partial charge in [0.05, 0.1) is 0 Å². The molecule has 0 fully saturated rings. The molecule has 0 aliphatic rings. The molecule has 2 N–H and O–H groups in total. The normalized spacial score (nSPS) is 11.6. The summed E-state index contributed by atoms with van der Waals surface area (Å²) in [5.41, 5.74) is 0. The maximum atomic E-state index is 10.5. The van der Waals surface area contributed by atoms with Gasteiger partial charge in [-0.1, -0.05) is 263 Å². The van der Waals surface area contributed by atoms with E-state index in [9.17, 15) is 9.59 Å². The highest BCUT2D eigenvalue weighted by Crippen LogP contribution is 2.18. The minimum Gasteiger partial charge on any atom is -0.481 e. The second-order valence-corrected chi connectivity index (χ2v) is 16.5. The number of carboxylic acids is 2. The van der Waals surface area contributed by atoms with Crippen molar-refractivity contribution in [2.45, 2.75) is 283 Å². The third-order valence-electron chi connectivity index (χ3n) is 11.3. The SMILES string of the molecule is O=C(O)C=CCCCCCCCCCCCCCCCCCCCCCCCCCCCCCCCCCCCCCCCCCCCCC(=O)O. The highest BCUT2D eigenvalue weighted by Gasteiger charge is 1.99. The molecule has 4 nitrogen and oxygen atoms in total. The van der Waals surface area contributed by atoms with Crippen molar-refractivity contribution in [2.75, 3.05) is 0 Å². The summed E-state index contributed by atoms with van der Waals surface area (Å²) in [7, 11) is 0. The Bertz CT molecular complexity index is 732. The van der Waals surface area contributed by atoms with E-state index in [1.54, 1.807) is 6.08 Å². The average Bonchev–Trinajstić information content (AvgIpc) is 3.12. The number of carbonyl (C=O) groups is 2. The molecule has 0 saturated heterocycles. The lowest BCUT2D eigenvalue weighted by atomic mass is 10.0. The van der Waals surface area contributed by atoms with Crippen LogP contribution in [-0.4, -0.2) is 22.2 Å². The molecule has 0 radical (unpaired) electrons. The largest absolute Gasteiger partial charge is 0.481 e. The van der Waals surface area contributed by atoms with Gasteiger partial charge in [-0.05, 0) is 19.3 Å². The molecular formula is C48H92O4. The molecule has 0 bridgehead atoms. The van der Waals surface area contributed by atoms with E-state index in [0.717, 1.165) is 25.7 Å². The fourth-order valence-corrected chi connectivity index (χ4v) is 7.79. The van der Waals surface area contributed by atoms with E-state index in [4.69, 9.17) is 10.2 Å². The molecule has 0 heterocycles. The Balaban J connectivity index is 3.07. The van der Waals surface area contributed by atoms with Crippen LogP contribution in [0.4, 0.5) is 0 Å². The Labute approximate surface area is 325 Å². The minimum absolute atomic E-state index is 0.342. The highest BCUT2D eigenvalue weighted by molar-refractivity contribution is 5.79. The second-order valence-electron chi connectivity index (χ2n) is 16.5. The summed E-state index contributed by atoms with van der Waals surface area (Å²) in [6.45, 7) is 0. The number of hydrogen-bond acceptors (Lipinski definition) is 2. The van der Waals surface area contributed by atoms with Gasteiger partial charge in [0.2, 0.25) is 0 Å². The van der Waals surface area contributed by atoms with Gasteiger partial charge in [0, 0.05) is 12.5 Å². The zero-order valence-electron chi connectivity index (χ0n) is 35.0. The van der Waals surface area contributed by atoms with E-state index in [0.29, 0.717) is 6.42 Å². The first kappa shape index (κ1) is 50.7. The molecule has 0 amide bonds. The van der Waals surface area contributed by atoms with Crippen molar-refractivity contribution in [1.29, 1.82) is 0 Å². The fraction of sp³-hybridized carbons (Fsp3) is 0.917. The molecule has 0 spiro atoms. The predicted octanol–water partition coefficient (Wildman–Crippen LogP) is 16.9. The molecule has 0 aromatic carbocycles. The quantitative estimate of drug-likeness (QED) is 0.0483. The van der Waals surface area contributed by atoms with Crippen molar-refractivity contribution in [3.8, 4) is 0 Å². The number of aliphatic carboxylic acids is 2. The Hall–Kier alpha value is -1.32. The van der Waals surface area contributed by atoms with Crippen LogP contribution in [0.5, 0.6) is 0 Å². The van der Waals surface area contributed by atoms with Crippen molar-refractivity contribution in [3.05, 3.63) is 12.2 Å². The molecule has 0 aliphatic carbocycles. The summed E-state index contributed by atoms with van der Waals surface area (Å²) in [4.78, 5) is 20.9. The first-order valence-electron chi connectivity index (χ1n) is 23.7. The first-order valence-corrected chi connectivity index (χ1v) is 23.7. The van der Waals surface area contributed by atoms with Crippen LogP contribution in [0.15, 0.2) is 12.2 Å². The highest BCUT2D eigenvalue weighted by atomic mass is 16.4. The van der Waals surface area contributed by atoms with Crippen LogP contribution in [0.3, 0.4) is 0 Å². The summed E-state index contributed by atoms with van der Waals surface area (Å²) in [6, 6.07) is 0. The Kier molecular flexibility index (Phi) is 44.7. The monoisotopic (exact) mass is 733 g/mol. The van der Waals surface area contributed by atoms with Crippen LogP contribution in [0.25, 0.3) is 0 Å². The van der Waals surface area contributed by atoms with Gasteiger partial charge in [-0.3, -0.25) is 4.79 Å². The molecule has 4 heteroatoms. The van der Waals surface area contributed by atoms with Crippen LogP contribution < -0.4 is 0 Å². The summed E-state index contributed by atoms with van der Waals surface area (Å²) in [5.74, 6) is -1.48. The number of allylic oxidation sites excluding steroid dienone is 1. The number of rotatable bonds is 46. The Morgan fingerprint density at radius 1 is 0.269 bits per heavy atom. The Morgan fingerprint density at radius 3 is 0.615 bits per heavy atom. The van der Waals surface area contributed by atoms with Gasteiger partial charge in [-0.25, -0.2) is 4.79 Å². The van der Waals surface area contributed by atoms with E-state index in [2.05, 4.69) is 0 Å². The zero-order chi connectivity index (χ0) is 37.7. The summed E-state index contributed by atoms with van der Waals surface area (Å²) in [5, 5.41) is 17.2. The Morgan fingerprint density at radius 2 is 0.442 bits per heavy atom. The molecule has 308 valence electrons. The van der Waals surface area contributed by atoms with Crippen LogP contribution >= 0.6 is 0 Å². The smallest absolute Gasteiger partial charge is 0.327 e. The second kappa shape index (κ2) is 45.8. The lowest BCUT2D eigenvalue weighted by Crippen LogP contribution is -1.93. The fourth-order valence-electron chi connectivity index (χ4n) is 7.79. The average molecular weight is 733 g/mol. The summed E-state index contributed by atoms with van der Waals surface area (Å²) < 4.78 is 0. The van der Waals surface area contributed by atoms with E-state index < -0.39 is 11.9 Å². The van der Waals surface area contributed by atoms with Crippen LogP contribution in [0.2, 0.25) is 0 Å². The molecule has 0 aromatic rings. The lowest BCUT2D eigenvalue weighted by molar-refractivity contribution is -0.137. The van der Waals surface area contributed by atoms with Crippen molar-refractivity contribution in [1.82, 2.24) is 0 Å². The maximum Gasteiger partial charge on any atom is 0.327 e. The number of hydrogen-bond donors (Lipinski definition) is 2. The third kappa shape index (κ3) is 48.7. The van der Waals surface area contributed by atoms with E-state index in [1.807, 2.05) is 0 Å². The molecule has 52 heavy (non-hydrogen) atoms. The number of unbranched alkanes of at least 4 members (excludes halogenated alkanes) is 42. The van der Waals surface area contributed by atoms with Gasteiger partial charge in [0.15, 0.2) is 0 Å². The van der Waals surface area contributed by atoms with E-state index in [-0.39, 0.29) is 0 Å². The van der Waals surface area contributed by atoms with Gasteiger partial charge in [0.25, 0.3) is 0 Å². The topological polar surface area (TPSA) is 74.6 Å². The lowest BCUT2D eigenvalue weighted by Gasteiger charge is -2.05. The van der Waals surface area contributed by atoms with Gasteiger partial charge >= 0.3 is 11.9 Å². The molecule has 0 aromatic heterocycles. The molecule has 0 rings (SSSR count). The van der Waals surface area contributed by atoms with Gasteiger partial charge in [-0.2, -0.15) is 0 Å². The molecular weight excluding hydrogens is 641 g/mol. The minimum atomic E-state index is -0.831. The van der Waals surface area contributed by atoms with E-state index >= 15 is 0 Å². The van der Waals surface area contributed by atoms with Crippen molar-refractivity contribution in [3.63, 3.8) is 0 Å². The summed E-state index contributed by atoms with van der Waals surface area (Å²) >= 11 is 0. The van der Waals surface area contributed by atoms with Crippen LogP contribution in [-0.2, 0) is 9.59 Å². The van der Waals surface area contributed by atoms with Crippen molar-refractivity contribution < 1.29 is 19.8 Å². The van der Waals surface area contributed by atoms with Gasteiger partial charge in [0.1, 0.15) is 0 Å². The molecule has 0 aliphatic heterocycles. The molecule has 0 atom stereocenters. The number of carboxylic acid groups (broad SMARTS) is 2. The third-order valence-corrected chi connectivity index (χ3v) is 11.3. The van der Waals surface area contributed by atoms with Crippen LogP contribution in [0, 0.1) is 0 Å². The summed E-state index contributed by atoms with van der Waals surface area (Å²) in [6.07, 6.45) is 62.7. The molecule has 0 saturated carbocycles. The van der Waals surface area contributed by atoms with Crippen molar-refractivity contribution in [2.24, 2.45) is 0 Å². The van der Waals surface area contributed by atoms with Gasteiger partial charge in [-0.15, -0.1) is 0 Å². The van der Waals surface area contributed by atoms with E-state index in [1.165, 1.54) is 256 Å². The standard InChI is InChI=1S/C48H92O4/c49-47(50)45-43-41-39-37-35-33-31-29-27-25-23-21-19-17-15-13-11-9-7-5-3-1-2-4-6-8-10-12-14-16-18-20-22-24-26-28-30-32-34-36-38-40-42-44-46-48(51)52/h43,45H,1-42,44,46H2,(H,49,50)(H,51,52). The first-order chi connectivity index (χ1) is 25.6. The van der Waals surface area contributed by atoms with Crippen molar-refractivity contribution >= 4 is 11.9 Å².